The molecule has 7 heteroatoms. The molecule has 0 atom stereocenters. The Bertz CT molecular complexity index is 1100. The van der Waals surface area contributed by atoms with Crippen LogP contribution in [0.4, 0.5) is 11.4 Å². The molecule has 0 aliphatic carbocycles. The van der Waals surface area contributed by atoms with Crippen molar-refractivity contribution in [1.82, 2.24) is 4.90 Å². The van der Waals surface area contributed by atoms with E-state index in [2.05, 4.69) is 21.2 Å². The van der Waals surface area contributed by atoms with Crippen LogP contribution in [0.2, 0.25) is 10.0 Å². The van der Waals surface area contributed by atoms with E-state index in [0.29, 0.717) is 16.5 Å². The predicted octanol–water partition coefficient (Wildman–Crippen LogP) is 5.64. The van der Waals surface area contributed by atoms with Crippen molar-refractivity contribution in [3.8, 4) is 5.75 Å². The van der Waals surface area contributed by atoms with Crippen molar-refractivity contribution in [2.75, 3.05) is 43.0 Å². The zero-order chi connectivity index (χ0) is 23.2. The molecule has 1 aliphatic heterocycles. The third-order valence-corrected chi connectivity index (χ3v) is 6.36. The van der Waals surface area contributed by atoms with Gasteiger partial charge in [-0.1, -0.05) is 59.1 Å². The molecule has 3 aromatic carbocycles. The molecular formula is C26H27Cl2N3O2. The van der Waals surface area contributed by atoms with Crippen molar-refractivity contribution in [2.24, 2.45) is 0 Å². The van der Waals surface area contributed by atoms with Gasteiger partial charge in [-0.3, -0.25) is 9.69 Å². The minimum Gasteiger partial charge on any atom is -0.484 e. The van der Waals surface area contributed by atoms with Gasteiger partial charge < -0.3 is 15.0 Å². The first-order valence-electron chi connectivity index (χ1n) is 11.0. The minimum absolute atomic E-state index is 0.0597. The fraction of sp³-hybridized carbons (Fsp3) is 0.269. The highest BCUT2D eigenvalue weighted by Crippen LogP contribution is 2.30. The van der Waals surface area contributed by atoms with E-state index >= 15 is 0 Å². The summed E-state index contributed by atoms with van der Waals surface area (Å²) in [6.45, 7) is 6.39. The summed E-state index contributed by atoms with van der Waals surface area (Å²) in [4.78, 5) is 16.9. The quantitative estimate of drug-likeness (QED) is 0.472. The second-order valence-corrected chi connectivity index (χ2v) is 8.99. The van der Waals surface area contributed by atoms with Crippen molar-refractivity contribution in [3.63, 3.8) is 0 Å². The van der Waals surface area contributed by atoms with Crippen molar-refractivity contribution < 1.29 is 9.53 Å². The van der Waals surface area contributed by atoms with Gasteiger partial charge in [0.1, 0.15) is 5.75 Å². The summed E-state index contributed by atoms with van der Waals surface area (Å²) >= 11 is 12.9. The molecule has 0 aromatic heterocycles. The lowest BCUT2D eigenvalue weighted by molar-refractivity contribution is -0.118. The van der Waals surface area contributed by atoms with Gasteiger partial charge >= 0.3 is 0 Å². The van der Waals surface area contributed by atoms with Gasteiger partial charge in [-0.15, -0.1) is 0 Å². The molecule has 0 spiro atoms. The molecule has 4 rings (SSSR count). The van der Waals surface area contributed by atoms with Crippen LogP contribution in [0, 0.1) is 6.92 Å². The summed E-state index contributed by atoms with van der Waals surface area (Å²) in [6.07, 6.45) is 0. The molecule has 1 fully saturated rings. The van der Waals surface area contributed by atoms with Crippen molar-refractivity contribution in [2.45, 2.75) is 13.5 Å². The van der Waals surface area contributed by atoms with E-state index in [1.165, 1.54) is 0 Å². The van der Waals surface area contributed by atoms with Gasteiger partial charge in [-0.25, -0.2) is 0 Å². The Labute approximate surface area is 204 Å². The molecule has 5 nitrogen and oxygen atoms in total. The van der Waals surface area contributed by atoms with E-state index < -0.39 is 0 Å². The number of nitrogens with one attached hydrogen (secondary N) is 1. The lowest BCUT2D eigenvalue weighted by Crippen LogP contribution is -2.46. The maximum absolute atomic E-state index is 12.3. The Morgan fingerprint density at radius 3 is 2.36 bits per heavy atom. The van der Waals surface area contributed by atoms with Crippen LogP contribution in [0.25, 0.3) is 0 Å². The molecule has 0 radical (unpaired) electrons. The Kier molecular flexibility index (Phi) is 7.76. The van der Waals surface area contributed by atoms with Crippen LogP contribution in [0.1, 0.15) is 11.1 Å². The van der Waals surface area contributed by atoms with Crippen molar-refractivity contribution in [3.05, 3.63) is 87.9 Å². The maximum Gasteiger partial charge on any atom is 0.262 e. The first kappa shape index (κ1) is 23.4. The third kappa shape index (κ3) is 6.41. The SMILES string of the molecule is Cc1ccc(OCC(=O)Nc2ccc(N3CCN(Cc4ccccc4Cl)CC3)c(Cl)c2)cc1. The highest BCUT2D eigenvalue weighted by molar-refractivity contribution is 6.33. The first-order valence-corrected chi connectivity index (χ1v) is 11.7. The van der Waals surface area contributed by atoms with E-state index in [4.69, 9.17) is 27.9 Å². The lowest BCUT2D eigenvalue weighted by atomic mass is 10.2. The number of anilines is 2. The number of piperazine rings is 1. The summed E-state index contributed by atoms with van der Waals surface area (Å²) in [5.41, 5.74) is 3.92. The van der Waals surface area contributed by atoms with E-state index in [9.17, 15) is 4.79 Å². The van der Waals surface area contributed by atoms with Gasteiger partial charge in [0.25, 0.3) is 5.91 Å². The predicted molar refractivity (Wildman–Crippen MR) is 136 cm³/mol. The number of amides is 1. The molecule has 0 saturated carbocycles. The van der Waals surface area contributed by atoms with Crippen LogP contribution in [0.3, 0.4) is 0 Å². The van der Waals surface area contributed by atoms with Crippen molar-refractivity contribution >= 4 is 40.5 Å². The number of halogens is 2. The second kappa shape index (κ2) is 10.9. The molecule has 1 saturated heterocycles. The third-order valence-electron chi connectivity index (χ3n) is 5.69. The smallest absolute Gasteiger partial charge is 0.262 e. The summed E-state index contributed by atoms with van der Waals surface area (Å²) < 4.78 is 5.54. The number of benzene rings is 3. The fourth-order valence-electron chi connectivity index (χ4n) is 3.84. The number of aryl methyl sites for hydroxylation is 1. The average molecular weight is 484 g/mol. The second-order valence-electron chi connectivity index (χ2n) is 8.17. The molecule has 1 heterocycles. The van der Waals surface area contributed by atoms with Crippen LogP contribution < -0.4 is 15.0 Å². The number of carbonyl (C=O) groups excluding carboxylic acids is 1. The van der Waals surface area contributed by atoms with Crippen LogP contribution in [0.15, 0.2) is 66.7 Å². The molecule has 1 N–H and O–H groups in total. The standard InChI is InChI=1S/C26H27Cl2N3O2/c1-19-6-9-22(10-7-19)33-18-26(32)29-21-8-11-25(24(28)16-21)31-14-12-30(13-15-31)17-20-4-2-3-5-23(20)27/h2-11,16H,12-15,17-18H2,1H3,(H,29,32). The molecular weight excluding hydrogens is 457 g/mol. The fourth-order valence-corrected chi connectivity index (χ4v) is 4.33. The van der Waals surface area contributed by atoms with Gasteiger partial charge in [-0.05, 0) is 48.9 Å². The van der Waals surface area contributed by atoms with Gasteiger partial charge in [0, 0.05) is 43.4 Å². The van der Waals surface area contributed by atoms with Crippen LogP contribution in [0.5, 0.6) is 5.75 Å². The Morgan fingerprint density at radius 2 is 1.67 bits per heavy atom. The molecule has 172 valence electrons. The minimum atomic E-state index is -0.229. The Balaban J connectivity index is 1.28. The van der Waals surface area contributed by atoms with E-state index in [0.717, 1.165) is 54.6 Å². The van der Waals surface area contributed by atoms with Crippen LogP contribution in [-0.4, -0.2) is 43.6 Å². The van der Waals surface area contributed by atoms with Gasteiger partial charge in [0.2, 0.25) is 0 Å². The van der Waals surface area contributed by atoms with Gasteiger partial charge in [0.15, 0.2) is 6.61 Å². The molecule has 1 aliphatic rings. The normalized spacial score (nSPS) is 14.2. The van der Waals surface area contributed by atoms with E-state index in [1.807, 2.05) is 61.5 Å². The van der Waals surface area contributed by atoms with E-state index in [-0.39, 0.29) is 12.5 Å². The topological polar surface area (TPSA) is 44.8 Å². The van der Waals surface area contributed by atoms with Crippen LogP contribution >= 0.6 is 23.2 Å². The Morgan fingerprint density at radius 1 is 0.939 bits per heavy atom. The lowest BCUT2D eigenvalue weighted by Gasteiger charge is -2.36. The molecule has 3 aromatic rings. The first-order chi connectivity index (χ1) is 16.0. The summed E-state index contributed by atoms with van der Waals surface area (Å²) in [7, 11) is 0. The monoisotopic (exact) mass is 483 g/mol. The molecule has 1 amide bonds. The van der Waals surface area contributed by atoms with Gasteiger partial charge in [0.05, 0.1) is 10.7 Å². The number of carbonyl (C=O) groups is 1. The summed E-state index contributed by atoms with van der Waals surface area (Å²) in [5.74, 6) is 0.436. The summed E-state index contributed by atoms with van der Waals surface area (Å²) in [5, 5.41) is 4.27. The number of rotatable bonds is 7. The zero-order valence-electron chi connectivity index (χ0n) is 18.6. The molecule has 33 heavy (non-hydrogen) atoms. The molecule has 0 unspecified atom stereocenters. The molecule has 0 bridgehead atoms. The number of nitrogens with zero attached hydrogens (tertiary/aromatic N) is 2. The highest BCUT2D eigenvalue weighted by atomic mass is 35.5. The zero-order valence-corrected chi connectivity index (χ0v) is 20.1. The number of hydrogen-bond donors (Lipinski definition) is 1. The number of hydrogen-bond acceptors (Lipinski definition) is 4. The van der Waals surface area contributed by atoms with Gasteiger partial charge in [-0.2, -0.15) is 0 Å². The largest absolute Gasteiger partial charge is 0.484 e. The Hall–Kier alpha value is -2.73. The summed E-state index contributed by atoms with van der Waals surface area (Å²) in [6, 6.07) is 21.2. The number of ether oxygens (including phenoxy) is 1. The highest BCUT2D eigenvalue weighted by Gasteiger charge is 2.20. The van der Waals surface area contributed by atoms with E-state index in [1.54, 1.807) is 6.07 Å². The average Bonchev–Trinajstić information content (AvgIpc) is 2.81. The van der Waals surface area contributed by atoms with Crippen molar-refractivity contribution in [1.29, 1.82) is 0 Å². The van der Waals surface area contributed by atoms with Crippen LogP contribution in [-0.2, 0) is 11.3 Å². The maximum atomic E-state index is 12.3.